The first kappa shape index (κ1) is 18.0. The van der Waals surface area contributed by atoms with Crippen LogP contribution in [0, 0.1) is 0 Å². The van der Waals surface area contributed by atoms with Crippen molar-refractivity contribution >= 4 is 23.2 Å². The largest absolute Gasteiger partial charge is 0.372 e. The van der Waals surface area contributed by atoms with Crippen molar-refractivity contribution in [3.05, 3.63) is 24.3 Å². The molecule has 1 rings (SSSR count). The minimum Gasteiger partial charge on any atom is -0.372 e. The summed E-state index contributed by atoms with van der Waals surface area (Å²) in [5.41, 5.74) is 1.49. The van der Waals surface area contributed by atoms with Crippen molar-refractivity contribution in [3.8, 4) is 0 Å². The number of hydrogen-bond donors (Lipinski definition) is 2. The third kappa shape index (κ3) is 6.16. The Bertz CT molecular complexity index is 500. The first-order chi connectivity index (χ1) is 10.2. The number of carbonyl (C=O) groups is 2. The number of carbonyl (C=O) groups excluding carboxylic acids is 2. The molecule has 2 amide bonds. The summed E-state index contributed by atoms with van der Waals surface area (Å²) in [6.07, 6.45) is -0.172. The minimum absolute atomic E-state index is 0.172. The van der Waals surface area contributed by atoms with E-state index in [-0.39, 0.29) is 23.8 Å². The number of anilines is 2. The van der Waals surface area contributed by atoms with Gasteiger partial charge in [0.05, 0.1) is 0 Å². The molecule has 0 atom stereocenters. The molecule has 0 saturated carbocycles. The van der Waals surface area contributed by atoms with Gasteiger partial charge in [0.1, 0.15) is 6.42 Å². The number of nitrogens with one attached hydrogen (secondary N) is 2. The van der Waals surface area contributed by atoms with E-state index >= 15 is 0 Å². The molecule has 0 heterocycles. The Morgan fingerprint density at radius 2 is 1.55 bits per heavy atom. The van der Waals surface area contributed by atoms with Crippen molar-refractivity contribution in [1.82, 2.24) is 5.32 Å². The van der Waals surface area contributed by atoms with Crippen LogP contribution in [0.5, 0.6) is 0 Å². The Labute approximate surface area is 133 Å². The van der Waals surface area contributed by atoms with Gasteiger partial charge in [-0.2, -0.15) is 0 Å². The lowest BCUT2D eigenvalue weighted by Crippen LogP contribution is -2.41. The molecule has 22 heavy (non-hydrogen) atoms. The van der Waals surface area contributed by atoms with Gasteiger partial charge in [-0.05, 0) is 58.9 Å². The molecule has 0 fully saturated rings. The Kier molecular flexibility index (Phi) is 6.40. The normalized spacial score (nSPS) is 11.0. The summed E-state index contributed by atoms with van der Waals surface area (Å²) in [4.78, 5) is 25.8. The van der Waals surface area contributed by atoms with Crippen LogP contribution in [0.2, 0.25) is 0 Å². The van der Waals surface area contributed by atoms with Gasteiger partial charge in [0.2, 0.25) is 11.8 Å². The highest BCUT2D eigenvalue weighted by molar-refractivity contribution is 6.03. The van der Waals surface area contributed by atoms with Crippen LogP contribution in [0.15, 0.2) is 24.3 Å². The first-order valence-electron chi connectivity index (χ1n) is 7.71. The van der Waals surface area contributed by atoms with E-state index in [4.69, 9.17) is 0 Å². The van der Waals surface area contributed by atoms with E-state index in [1.165, 1.54) is 0 Å². The molecule has 0 radical (unpaired) electrons. The number of hydrogen-bond acceptors (Lipinski definition) is 3. The quantitative estimate of drug-likeness (QED) is 0.794. The van der Waals surface area contributed by atoms with E-state index in [1.807, 2.05) is 45.0 Å². The molecule has 0 spiro atoms. The highest BCUT2D eigenvalue weighted by Crippen LogP contribution is 2.17. The Hall–Kier alpha value is -2.04. The topological polar surface area (TPSA) is 61.4 Å². The Morgan fingerprint density at radius 1 is 1.00 bits per heavy atom. The SMILES string of the molecule is CCN(CC)c1ccc(NC(=O)CC(=O)NC(C)(C)C)cc1. The molecule has 0 unspecified atom stereocenters. The standard InChI is InChI=1S/C17H27N3O2/c1-6-20(7-2)14-10-8-13(9-11-14)18-15(21)12-16(22)19-17(3,4)5/h8-11H,6-7,12H2,1-5H3,(H,18,21)(H,19,22). The van der Waals surface area contributed by atoms with Crippen LogP contribution in [0.4, 0.5) is 11.4 Å². The van der Waals surface area contributed by atoms with Crippen LogP contribution in [0.1, 0.15) is 41.0 Å². The van der Waals surface area contributed by atoms with E-state index in [2.05, 4.69) is 29.4 Å². The second kappa shape index (κ2) is 7.82. The van der Waals surface area contributed by atoms with Gasteiger partial charge in [-0.15, -0.1) is 0 Å². The maximum absolute atomic E-state index is 11.9. The Morgan fingerprint density at radius 3 is 2.00 bits per heavy atom. The van der Waals surface area contributed by atoms with E-state index in [1.54, 1.807) is 0 Å². The minimum atomic E-state index is -0.331. The van der Waals surface area contributed by atoms with Gasteiger partial charge in [-0.25, -0.2) is 0 Å². The Balaban J connectivity index is 2.56. The first-order valence-corrected chi connectivity index (χ1v) is 7.71. The fraction of sp³-hybridized carbons (Fsp3) is 0.529. The predicted octanol–water partition coefficient (Wildman–Crippen LogP) is 2.78. The third-order valence-electron chi connectivity index (χ3n) is 3.12. The van der Waals surface area contributed by atoms with Crippen molar-refractivity contribution in [2.24, 2.45) is 0 Å². The summed E-state index contributed by atoms with van der Waals surface area (Å²) >= 11 is 0. The molecule has 0 bridgehead atoms. The van der Waals surface area contributed by atoms with Crippen LogP contribution in [0.25, 0.3) is 0 Å². The van der Waals surface area contributed by atoms with Crippen molar-refractivity contribution in [2.45, 2.75) is 46.6 Å². The summed E-state index contributed by atoms with van der Waals surface area (Å²) < 4.78 is 0. The average Bonchev–Trinajstić information content (AvgIpc) is 2.39. The molecular formula is C17H27N3O2. The van der Waals surface area contributed by atoms with Crippen molar-refractivity contribution in [3.63, 3.8) is 0 Å². The molecular weight excluding hydrogens is 278 g/mol. The third-order valence-corrected chi connectivity index (χ3v) is 3.12. The molecule has 1 aromatic carbocycles. The van der Waals surface area contributed by atoms with Crippen molar-refractivity contribution < 1.29 is 9.59 Å². The van der Waals surface area contributed by atoms with Crippen LogP contribution < -0.4 is 15.5 Å². The molecule has 2 N–H and O–H groups in total. The molecule has 0 aliphatic heterocycles. The lowest BCUT2D eigenvalue weighted by atomic mass is 10.1. The molecule has 0 aliphatic carbocycles. The molecule has 5 nitrogen and oxygen atoms in total. The summed E-state index contributed by atoms with van der Waals surface area (Å²) in [6.45, 7) is 11.7. The van der Waals surface area contributed by atoms with E-state index < -0.39 is 0 Å². The zero-order valence-electron chi connectivity index (χ0n) is 14.2. The molecule has 0 saturated heterocycles. The highest BCUT2D eigenvalue weighted by atomic mass is 16.2. The fourth-order valence-electron chi connectivity index (χ4n) is 2.16. The number of rotatable bonds is 6. The van der Waals surface area contributed by atoms with Crippen molar-refractivity contribution in [2.75, 3.05) is 23.3 Å². The summed E-state index contributed by atoms with van der Waals surface area (Å²) in [6, 6.07) is 7.65. The van der Waals surface area contributed by atoms with Gasteiger partial charge in [0, 0.05) is 30.0 Å². The predicted molar refractivity (Wildman–Crippen MR) is 91.1 cm³/mol. The van der Waals surface area contributed by atoms with Crippen LogP contribution in [-0.2, 0) is 9.59 Å². The van der Waals surface area contributed by atoms with Crippen LogP contribution >= 0.6 is 0 Å². The van der Waals surface area contributed by atoms with E-state index in [0.29, 0.717) is 5.69 Å². The molecule has 122 valence electrons. The summed E-state index contributed by atoms with van der Waals surface area (Å²) in [5.74, 6) is -0.581. The fourth-order valence-corrected chi connectivity index (χ4v) is 2.16. The second-order valence-electron chi connectivity index (χ2n) is 6.24. The van der Waals surface area contributed by atoms with Crippen molar-refractivity contribution in [1.29, 1.82) is 0 Å². The van der Waals surface area contributed by atoms with Crippen LogP contribution in [0.3, 0.4) is 0 Å². The van der Waals surface area contributed by atoms with E-state index in [9.17, 15) is 9.59 Å². The summed E-state index contributed by atoms with van der Waals surface area (Å²) in [5, 5.41) is 5.51. The maximum Gasteiger partial charge on any atom is 0.233 e. The zero-order chi connectivity index (χ0) is 16.8. The number of nitrogens with zero attached hydrogens (tertiary/aromatic N) is 1. The number of benzene rings is 1. The van der Waals surface area contributed by atoms with Gasteiger partial charge in [-0.3, -0.25) is 9.59 Å². The zero-order valence-corrected chi connectivity index (χ0v) is 14.2. The van der Waals surface area contributed by atoms with Gasteiger partial charge < -0.3 is 15.5 Å². The maximum atomic E-state index is 11.9. The molecule has 0 aliphatic rings. The second-order valence-corrected chi connectivity index (χ2v) is 6.24. The summed E-state index contributed by atoms with van der Waals surface area (Å²) in [7, 11) is 0. The van der Waals surface area contributed by atoms with Gasteiger partial charge in [-0.1, -0.05) is 0 Å². The number of amides is 2. The smallest absolute Gasteiger partial charge is 0.233 e. The molecule has 1 aromatic rings. The van der Waals surface area contributed by atoms with Crippen LogP contribution in [-0.4, -0.2) is 30.4 Å². The molecule has 5 heteroatoms. The highest BCUT2D eigenvalue weighted by Gasteiger charge is 2.16. The lowest BCUT2D eigenvalue weighted by Gasteiger charge is -2.21. The van der Waals surface area contributed by atoms with Gasteiger partial charge >= 0.3 is 0 Å². The lowest BCUT2D eigenvalue weighted by molar-refractivity contribution is -0.127. The van der Waals surface area contributed by atoms with Gasteiger partial charge in [0.25, 0.3) is 0 Å². The van der Waals surface area contributed by atoms with E-state index in [0.717, 1.165) is 18.8 Å². The monoisotopic (exact) mass is 305 g/mol. The molecule has 0 aromatic heterocycles. The van der Waals surface area contributed by atoms with Gasteiger partial charge in [0.15, 0.2) is 0 Å². The average molecular weight is 305 g/mol.